The molecule has 0 aliphatic carbocycles. The van der Waals surface area contributed by atoms with Crippen LogP contribution < -0.4 is 5.32 Å². The Hall–Kier alpha value is -0.340. The second-order valence-electron chi connectivity index (χ2n) is 4.77. The van der Waals surface area contributed by atoms with Gasteiger partial charge in [0.2, 0.25) is 0 Å². The summed E-state index contributed by atoms with van der Waals surface area (Å²) in [5.41, 5.74) is 0. The lowest BCUT2D eigenvalue weighted by Gasteiger charge is -2.35. The number of rotatable bonds is 6. The third kappa shape index (κ3) is 4.35. The van der Waals surface area contributed by atoms with Crippen LogP contribution in [0, 0.1) is 5.92 Å². The van der Waals surface area contributed by atoms with Gasteiger partial charge in [-0.2, -0.15) is 0 Å². The van der Waals surface area contributed by atoms with Crippen molar-refractivity contribution in [3.05, 3.63) is 12.2 Å². The lowest BCUT2D eigenvalue weighted by atomic mass is 10.0. The monoisotopic (exact) mass is 210 g/mol. The molecule has 15 heavy (non-hydrogen) atoms. The van der Waals surface area contributed by atoms with Crippen LogP contribution in [0.3, 0.4) is 0 Å². The highest BCUT2D eigenvalue weighted by Gasteiger charge is 2.20. The molecule has 0 aromatic carbocycles. The van der Waals surface area contributed by atoms with Gasteiger partial charge in [-0.15, -0.1) is 0 Å². The van der Waals surface area contributed by atoms with Crippen LogP contribution >= 0.6 is 0 Å². The highest BCUT2D eigenvalue weighted by atomic mass is 15.2. The molecule has 0 fully saturated rings. The first kappa shape index (κ1) is 12.7. The van der Waals surface area contributed by atoms with E-state index in [1.807, 2.05) is 0 Å². The van der Waals surface area contributed by atoms with Crippen molar-refractivity contribution >= 4 is 0 Å². The number of hydrogen-bond acceptors (Lipinski definition) is 2. The Labute approximate surface area is 94.7 Å². The van der Waals surface area contributed by atoms with Crippen molar-refractivity contribution in [3.63, 3.8) is 0 Å². The molecule has 0 amide bonds. The van der Waals surface area contributed by atoms with Crippen LogP contribution in [0.5, 0.6) is 0 Å². The van der Waals surface area contributed by atoms with Crippen LogP contribution in [0.25, 0.3) is 0 Å². The average Bonchev–Trinajstić information content (AvgIpc) is 2.25. The summed E-state index contributed by atoms with van der Waals surface area (Å²) >= 11 is 0. The molecule has 1 heterocycles. The molecule has 1 unspecified atom stereocenters. The van der Waals surface area contributed by atoms with E-state index in [9.17, 15) is 0 Å². The summed E-state index contributed by atoms with van der Waals surface area (Å²) in [6.45, 7) is 11.5. The van der Waals surface area contributed by atoms with E-state index in [-0.39, 0.29) is 0 Å². The largest absolute Gasteiger partial charge is 0.315 e. The Bertz CT molecular complexity index is 187. The zero-order valence-corrected chi connectivity index (χ0v) is 10.5. The van der Waals surface area contributed by atoms with Crippen molar-refractivity contribution in [2.24, 2.45) is 5.92 Å². The fraction of sp³-hybridized carbons (Fsp3) is 0.846. The molecule has 1 aliphatic heterocycles. The number of hydrogen-bond donors (Lipinski definition) is 1. The van der Waals surface area contributed by atoms with Gasteiger partial charge in [0.1, 0.15) is 0 Å². The maximum absolute atomic E-state index is 3.55. The van der Waals surface area contributed by atoms with E-state index in [1.54, 1.807) is 0 Å². The van der Waals surface area contributed by atoms with Gasteiger partial charge in [-0.3, -0.25) is 4.90 Å². The predicted octanol–water partition coefficient (Wildman–Crippen LogP) is 2.27. The molecule has 1 aliphatic rings. The van der Waals surface area contributed by atoms with Gasteiger partial charge in [0.05, 0.1) is 0 Å². The van der Waals surface area contributed by atoms with Crippen molar-refractivity contribution in [1.82, 2.24) is 10.2 Å². The van der Waals surface area contributed by atoms with Gasteiger partial charge in [0.15, 0.2) is 0 Å². The second-order valence-corrected chi connectivity index (χ2v) is 4.77. The third-order valence-electron chi connectivity index (χ3n) is 3.11. The summed E-state index contributed by atoms with van der Waals surface area (Å²) in [6, 6.07) is 0.696. The van der Waals surface area contributed by atoms with Gasteiger partial charge in [-0.25, -0.2) is 0 Å². The molecule has 88 valence electrons. The molecule has 2 heteroatoms. The second kappa shape index (κ2) is 7.02. The normalized spacial score (nSPS) is 19.7. The van der Waals surface area contributed by atoms with Crippen molar-refractivity contribution in [3.8, 4) is 0 Å². The minimum absolute atomic E-state index is 0.696. The van der Waals surface area contributed by atoms with E-state index in [4.69, 9.17) is 0 Å². The van der Waals surface area contributed by atoms with E-state index in [1.165, 1.54) is 19.4 Å². The Morgan fingerprint density at radius 2 is 2.13 bits per heavy atom. The van der Waals surface area contributed by atoms with E-state index in [2.05, 4.69) is 43.1 Å². The van der Waals surface area contributed by atoms with Crippen LogP contribution in [0.2, 0.25) is 0 Å². The molecule has 0 spiro atoms. The molecule has 0 saturated heterocycles. The van der Waals surface area contributed by atoms with Gasteiger partial charge >= 0.3 is 0 Å². The van der Waals surface area contributed by atoms with Crippen molar-refractivity contribution in [1.29, 1.82) is 0 Å². The average molecular weight is 210 g/mol. The van der Waals surface area contributed by atoms with Gasteiger partial charge in [0.25, 0.3) is 0 Å². The van der Waals surface area contributed by atoms with E-state index in [0.717, 1.165) is 25.6 Å². The lowest BCUT2D eigenvalue weighted by Crippen LogP contribution is -2.47. The summed E-state index contributed by atoms with van der Waals surface area (Å²) in [4.78, 5) is 2.60. The summed E-state index contributed by atoms with van der Waals surface area (Å²) < 4.78 is 0. The molecule has 0 aromatic heterocycles. The topological polar surface area (TPSA) is 15.3 Å². The smallest absolute Gasteiger partial charge is 0.0247 e. The third-order valence-corrected chi connectivity index (χ3v) is 3.11. The molecule has 0 aromatic rings. The van der Waals surface area contributed by atoms with Gasteiger partial charge in [-0.05, 0) is 25.3 Å². The van der Waals surface area contributed by atoms with Crippen molar-refractivity contribution in [2.75, 3.05) is 26.2 Å². The Kier molecular flexibility index (Phi) is 5.96. The summed E-state index contributed by atoms with van der Waals surface area (Å²) in [7, 11) is 0. The molecule has 0 bridgehead atoms. The molecule has 1 rings (SSSR count). The van der Waals surface area contributed by atoms with E-state index in [0.29, 0.717) is 6.04 Å². The summed E-state index contributed by atoms with van der Waals surface area (Å²) in [5, 5.41) is 3.55. The van der Waals surface area contributed by atoms with Gasteiger partial charge < -0.3 is 5.32 Å². The minimum atomic E-state index is 0.696. The SMILES string of the molecule is CCCNCC(C(C)C)N1CC=CCC1. The maximum Gasteiger partial charge on any atom is 0.0247 e. The van der Waals surface area contributed by atoms with E-state index < -0.39 is 0 Å². The van der Waals surface area contributed by atoms with Crippen LogP contribution in [-0.2, 0) is 0 Å². The Balaban J connectivity index is 2.38. The Morgan fingerprint density at radius 1 is 1.33 bits per heavy atom. The van der Waals surface area contributed by atoms with Crippen LogP contribution in [0.15, 0.2) is 12.2 Å². The first-order valence-corrected chi connectivity index (χ1v) is 6.35. The minimum Gasteiger partial charge on any atom is -0.315 e. The molecular formula is C13H26N2. The lowest BCUT2D eigenvalue weighted by molar-refractivity contribution is 0.165. The highest BCUT2D eigenvalue weighted by molar-refractivity contribution is 4.94. The summed E-state index contributed by atoms with van der Waals surface area (Å²) in [6.07, 6.45) is 7.05. The van der Waals surface area contributed by atoms with Gasteiger partial charge in [-0.1, -0.05) is 32.9 Å². The number of nitrogens with one attached hydrogen (secondary N) is 1. The van der Waals surface area contributed by atoms with E-state index >= 15 is 0 Å². The van der Waals surface area contributed by atoms with Crippen LogP contribution in [-0.4, -0.2) is 37.1 Å². The molecule has 1 N–H and O–H groups in total. The van der Waals surface area contributed by atoms with Crippen LogP contribution in [0.4, 0.5) is 0 Å². The molecule has 2 nitrogen and oxygen atoms in total. The first-order chi connectivity index (χ1) is 7.25. The van der Waals surface area contributed by atoms with Crippen LogP contribution in [0.1, 0.15) is 33.6 Å². The molecular weight excluding hydrogens is 184 g/mol. The number of nitrogens with zero attached hydrogens (tertiary/aromatic N) is 1. The first-order valence-electron chi connectivity index (χ1n) is 6.35. The Morgan fingerprint density at radius 3 is 2.67 bits per heavy atom. The van der Waals surface area contributed by atoms with Gasteiger partial charge in [0, 0.05) is 25.7 Å². The van der Waals surface area contributed by atoms with Crippen molar-refractivity contribution < 1.29 is 0 Å². The molecule has 0 saturated carbocycles. The fourth-order valence-corrected chi connectivity index (χ4v) is 2.17. The summed E-state index contributed by atoms with van der Waals surface area (Å²) in [5.74, 6) is 0.737. The zero-order valence-electron chi connectivity index (χ0n) is 10.5. The fourth-order valence-electron chi connectivity index (χ4n) is 2.17. The molecule has 1 atom stereocenters. The van der Waals surface area contributed by atoms with Crippen molar-refractivity contribution in [2.45, 2.75) is 39.7 Å². The highest BCUT2D eigenvalue weighted by Crippen LogP contribution is 2.13. The quantitative estimate of drug-likeness (QED) is 0.534. The standard InChI is InChI=1S/C13H26N2/c1-4-8-14-11-13(12(2)3)15-9-6-5-7-10-15/h5-6,12-14H,4,7-11H2,1-3H3. The predicted molar refractivity (Wildman–Crippen MR) is 67.1 cm³/mol. The zero-order chi connectivity index (χ0) is 11.1. The molecule has 0 radical (unpaired) electrons. The maximum atomic E-state index is 3.55.